The van der Waals surface area contributed by atoms with Crippen LogP contribution in [-0.2, 0) is 4.79 Å². The van der Waals surface area contributed by atoms with Gasteiger partial charge < -0.3 is 16.0 Å². The number of rotatable bonds is 3. The molecule has 1 aromatic heterocycles. The van der Waals surface area contributed by atoms with Gasteiger partial charge in [0.05, 0.1) is 22.3 Å². The van der Waals surface area contributed by atoms with Gasteiger partial charge in [0, 0.05) is 5.70 Å². The number of carbonyl (C=O) groups is 2. The SMILES string of the molecule is CC1=C(C(=O)Nc2ccccc2Cl)[C@@H](c2ccsc2)NC(=O)N1. The van der Waals surface area contributed by atoms with Crippen molar-refractivity contribution >= 4 is 40.6 Å². The zero-order valence-electron chi connectivity index (χ0n) is 12.2. The molecule has 1 atom stereocenters. The van der Waals surface area contributed by atoms with E-state index in [1.165, 1.54) is 11.3 Å². The Morgan fingerprint density at radius 1 is 1.30 bits per heavy atom. The first kappa shape index (κ1) is 15.6. The van der Waals surface area contributed by atoms with Crippen molar-refractivity contribution < 1.29 is 9.59 Å². The number of urea groups is 1. The van der Waals surface area contributed by atoms with E-state index in [0.717, 1.165) is 5.56 Å². The lowest BCUT2D eigenvalue weighted by Crippen LogP contribution is -2.45. The summed E-state index contributed by atoms with van der Waals surface area (Å²) in [5.41, 5.74) is 2.38. The molecule has 0 unspecified atom stereocenters. The van der Waals surface area contributed by atoms with E-state index in [4.69, 9.17) is 11.6 Å². The second-order valence-corrected chi connectivity index (χ2v) is 6.25. The van der Waals surface area contributed by atoms with Crippen molar-refractivity contribution in [2.75, 3.05) is 5.32 Å². The Bertz CT molecular complexity index is 786. The molecular formula is C16H14ClN3O2S. The Labute approximate surface area is 142 Å². The van der Waals surface area contributed by atoms with Crippen LogP contribution in [0, 0.1) is 0 Å². The third kappa shape index (κ3) is 3.23. The summed E-state index contributed by atoms with van der Waals surface area (Å²) in [6.07, 6.45) is 0. The molecule has 2 aromatic rings. The lowest BCUT2D eigenvalue weighted by Gasteiger charge is -2.28. The predicted octanol–water partition coefficient (Wildman–Crippen LogP) is 3.67. The number of hydrogen-bond acceptors (Lipinski definition) is 3. The van der Waals surface area contributed by atoms with Crippen molar-refractivity contribution in [1.29, 1.82) is 0 Å². The number of carbonyl (C=O) groups excluding carboxylic acids is 2. The van der Waals surface area contributed by atoms with Gasteiger partial charge in [0.15, 0.2) is 0 Å². The number of hydrogen-bond donors (Lipinski definition) is 3. The van der Waals surface area contributed by atoms with Gasteiger partial charge in [-0.25, -0.2) is 4.79 Å². The van der Waals surface area contributed by atoms with Crippen molar-refractivity contribution in [1.82, 2.24) is 10.6 Å². The Morgan fingerprint density at radius 2 is 2.09 bits per heavy atom. The van der Waals surface area contributed by atoms with Gasteiger partial charge in [-0.05, 0) is 41.4 Å². The van der Waals surface area contributed by atoms with Crippen LogP contribution in [0.4, 0.5) is 10.5 Å². The molecule has 0 bridgehead atoms. The monoisotopic (exact) mass is 347 g/mol. The molecule has 3 amide bonds. The Hall–Kier alpha value is -2.31. The highest BCUT2D eigenvalue weighted by Crippen LogP contribution is 2.30. The Kier molecular flexibility index (Phi) is 4.36. The molecule has 0 aliphatic carbocycles. The fourth-order valence-corrected chi connectivity index (χ4v) is 3.31. The van der Waals surface area contributed by atoms with Crippen LogP contribution >= 0.6 is 22.9 Å². The van der Waals surface area contributed by atoms with E-state index in [1.807, 2.05) is 16.8 Å². The minimum atomic E-state index is -0.488. The van der Waals surface area contributed by atoms with E-state index in [2.05, 4.69) is 16.0 Å². The largest absolute Gasteiger partial charge is 0.327 e. The van der Waals surface area contributed by atoms with Gasteiger partial charge in [0.1, 0.15) is 0 Å². The van der Waals surface area contributed by atoms with Crippen LogP contribution in [-0.4, -0.2) is 11.9 Å². The standard InChI is InChI=1S/C16H14ClN3O2S/c1-9-13(15(21)19-12-5-3-2-4-11(12)17)14(20-16(22)18-9)10-6-7-23-8-10/h2-8,14H,1H3,(H,19,21)(H2,18,20,22)/t14-/m1/s1. The van der Waals surface area contributed by atoms with Crippen molar-refractivity contribution in [3.8, 4) is 0 Å². The van der Waals surface area contributed by atoms with Crippen molar-refractivity contribution in [3.05, 3.63) is 62.9 Å². The molecule has 23 heavy (non-hydrogen) atoms. The zero-order valence-corrected chi connectivity index (χ0v) is 13.8. The van der Waals surface area contributed by atoms with E-state index in [9.17, 15) is 9.59 Å². The first-order chi connectivity index (χ1) is 11.1. The molecule has 0 fully saturated rings. The van der Waals surface area contributed by atoms with Crippen molar-refractivity contribution in [2.45, 2.75) is 13.0 Å². The highest BCUT2D eigenvalue weighted by molar-refractivity contribution is 7.08. The number of amides is 3. The Morgan fingerprint density at radius 3 is 2.78 bits per heavy atom. The maximum atomic E-state index is 12.7. The van der Waals surface area contributed by atoms with Gasteiger partial charge in [0.2, 0.25) is 0 Å². The zero-order chi connectivity index (χ0) is 16.4. The molecular weight excluding hydrogens is 334 g/mol. The fourth-order valence-electron chi connectivity index (χ4n) is 2.44. The summed E-state index contributed by atoms with van der Waals surface area (Å²) in [5, 5.41) is 12.5. The molecule has 0 saturated carbocycles. The van der Waals surface area contributed by atoms with Crippen LogP contribution in [0.3, 0.4) is 0 Å². The van der Waals surface area contributed by atoms with Gasteiger partial charge in [0.25, 0.3) is 5.91 Å². The molecule has 3 rings (SSSR count). The quantitative estimate of drug-likeness (QED) is 0.792. The highest BCUT2D eigenvalue weighted by atomic mass is 35.5. The average Bonchev–Trinajstić information content (AvgIpc) is 3.03. The van der Waals surface area contributed by atoms with Crippen LogP contribution in [0.5, 0.6) is 0 Å². The number of para-hydroxylation sites is 1. The molecule has 0 spiro atoms. The van der Waals surface area contributed by atoms with E-state index in [0.29, 0.717) is 22.0 Å². The average molecular weight is 348 g/mol. The normalized spacial score (nSPS) is 17.5. The molecule has 5 nitrogen and oxygen atoms in total. The minimum absolute atomic E-state index is 0.306. The van der Waals surface area contributed by atoms with Crippen LogP contribution in [0.2, 0.25) is 5.02 Å². The molecule has 1 aliphatic heterocycles. The summed E-state index contributed by atoms with van der Waals surface area (Å²) < 4.78 is 0. The molecule has 0 radical (unpaired) electrons. The van der Waals surface area contributed by atoms with E-state index in [1.54, 1.807) is 31.2 Å². The second-order valence-electron chi connectivity index (χ2n) is 5.06. The predicted molar refractivity (Wildman–Crippen MR) is 91.5 cm³/mol. The summed E-state index contributed by atoms with van der Waals surface area (Å²) in [6.45, 7) is 1.71. The summed E-state index contributed by atoms with van der Waals surface area (Å²) >= 11 is 7.60. The third-order valence-corrected chi connectivity index (χ3v) is 4.54. The van der Waals surface area contributed by atoms with E-state index in [-0.39, 0.29) is 11.9 Å². The number of thiophene rings is 1. The van der Waals surface area contributed by atoms with Gasteiger partial charge in [-0.1, -0.05) is 23.7 Å². The van der Waals surface area contributed by atoms with Crippen LogP contribution in [0.25, 0.3) is 0 Å². The smallest absolute Gasteiger partial charge is 0.319 e. The number of halogens is 1. The van der Waals surface area contributed by atoms with Crippen molar-refractivity contribution in [2.24, 2.45) is 0 Å². The van der Waals surface area contributed by atoms with Crippen LogP contribution in [0.15, 0.2) is 52.4 Å². The molecule has 118 valence electrons. The lowest BCUT2D eigenvalue weighted by molar-refractivity contribution is -0.113. The fraction of sp³-hybridized carbons (Fsp3) is 0.125. The van der Waals surface area contributed by atoms with Gasteiger partial charge in [-0.2, -0.15) is 11.3 Å². The number of allylic oxidation sites excluding steroid dienone is 1. The van der Waals surface area contributed by atoms with E-state index < -0.39 is 6.04 Å². The summed E-state index contributed by atoms with van der Waals surface area (Å²) in [7, 11) is 0. The third-order valence-electron chi connectivity index (χ3n) is 3.51. The van der Waals surface area contributed by atoms with Gasteiger partial charge >= 0.3 is 6.03 Å². The highest BCUT2D eigenvalue weighted by Gasteiger charge is 2.31. The Balaban J connectivity index is 1.94. The lowest BCUT2D eigenvalue weighted by atomic mass is 9.97. The maximum Gasteiger partial charge on any atom is 0.319 e. The number of nitrogens with one attached hydrogen (secondary N) is 3. The van der Waals surface area contributed by atoms with Gasteiger partial charge in [-0.15, -0.1) is 0 Å². The number of anilines is 1. The maximum absolute atomic E-state index is 12.7. The summed E-state index contributed by atoms with van der Waals surface area (Å²) in [6, 6.07) is 8.08. The van der Waals surface area contributed by atoms with Crippen LogP contribution < -0.4 is 16.0 Å². The number of benzene rings is 1. The van der Waals surface area contributed by atoms with Crippen LogP contribution in [0.1, 0.15) is 18.5 Å². The summed E-state index contributed by atoms with van der Waals surface area (Å²) in [5.74, 6) is -0.306. The molecule has 0 saturated heterocycles. The minimum Gasteiger partial charge on any atom is -0.327 e. The van der Waals surface area contributed by atoms with Gasteiger partial charge in [-0.3, -0.25) is 4.79 Å². The molecule has 7 heteroatoms. The topological polar surface area (TPSA) is 70.2 Å². The van der Waals surface area contributed by atoms with E-state index >= 15 is 0 Å². The molecule has 1 aliphatic rings. The first-order valence-corrected chi connectivity index (χ1v) is 8.24. The van der Waals surface area contributed by atoms with Crippen molar-refractivity contribution in [3.63, 3.8) is 0 Å². The molecule has 3 N–H and O–H groups in total. The second kappa shape index (κ2) is 6.44. The molecule has 2 heterocycles. The molecule has 1 aromatic carbocycles. The first-order valence-electron chi connectivity index (χ1n) is 6.92. The summed E-state index contributed by atoms with van der Waals surface area (Å²) in [4.78, 5) is 24.5.